The van der Waals surface area contributed by atoms with Crippen molar-refractivity contribution in [3.63, 3.8) is 0 Å². The third kappa shape index (κ3) is 3.47. The molecule has 2 rings (SSSR count). The molecule has 0 aliphatic heterocycles. The fraction of sp³-hybridized carbons (Fsp3) is 0.267. The number of imidazole rings is 1. The van der Waals surface area contributed by atoms with Crippen molar-refractivity contribution in [3.8, 4) is 0 Å². The number of anilines is 1. The van der Waals surface area contributed by atoms with Crippen molar-refractivity contribution in [3.05, 3.63) is 58.8 Å². The second kappa shape index (κ2) is 6.06. The first kappa shape index (κ1) is 13.9. The Balaban J connectivity index is 2.18. The number of hydrogen-bond donors (Lipinski definition) is 1. The number of aromatic nitrogens is 2. The van der Waals surface area contributed by atoms with E-state index in [0.717, 1.165) is 22.7 Å². The molecule has 3 nitrogen and oxygen atoms in total. The predicted molar refractivity (Wildman–Crippen MR) is 83.3 cm³/mol. The molecule has 4 heteroatoms. The molecule has 0 radical (unpaired) electrons. The van der Waals surface area contributed by atoms with Gasteiger partial charge >= 0.3 is 0 Å². The number of allylic oxidation sites excluding steroid dienone is 1. The number of rotatable bonds is 5. The summed E-state index contributed by atoms with van der Waals surface area (Å²) in [7, 11) is 0. The second-order valence-corrected chi connectivity index (χ2v) is 5.48. The Morgan fingerprint density at radius 1 is 1.53 bits per heavy atom. The number of nitrogens with zero attached hydrogens (tertiary/aromatic N) is 2. The van der Waals surface area contributed by atoms with Crippen LogP contribution in [0.2, 0.25) is 0 Å². The highest BCUT2D eigenvalue weighted by atomic mass is 79.9. The van der Waals surface area contributed by atoms with E-state index in [1.54, 1.807) is 0 Å². The van der Waals surface area contributed by atoms with Crippen LogP contribution < -0.4 is 5.32 Å². The maximum atomic E-state index is 4.51. The van der Waals surface area contributed by atoms with Crippen LogP contribution in [0.3, 0.4) is 0 Å². The summed E-state index contributed by atoms with van der Waals surface area (Å²) in [5, 5.41) is 3.44. The third-order valence-electron chi connectivity index (χ3n) is 2.92. The smallest absolute Gasteiger partial charge is 0.203 e. The lowest BCUT2D eigenvalue weighted by Crippen LogP contribution is -2.11. The van der Waals surface area contributed by atoms with E-state index in [9.17, 15) is 0 Å². The number of nitrogens with one attached hydrogen (secondary N) is 1. The highest BCUT2D eigenvalue weighted by Gasteiger charge is 2.10. The summed E-state index contributed by atoms with van der Waals surface area (Å²) in [5.74, 6) is 0.880. The summed E-state index contributed by atoms with van der Waals surface area (Å²) < 4.78 is 3.15. The van der Waals surface area contributed by atoms with Gasteiger partial charge in [0.05, 0.1) is 11.7 Å². The van der Waals surface area contributed by atoms with Crippen molar-refractivity contribution in [1.82, 2.24) is 9.55 Å². The van der Waals surface area contributed by atoms with E-state index in [0.29, 0.717) is 0 Å². The summed E-state index contributed by atoms with van der Waals surface area (Å²) >= 11 is 3.50. The van der Waals surface area contributed by atoms with Crippen LogP contribution in [-0.4, -0.2) is 9.55 Å². The molecule has 1 aromatic carbocycles. The number of halogens is 1. The normalized spacial score (nSPS) is 12.2. The van der Waals surface area contributed by atoms with E-state index in [2.05, 4.69) is 56.4 Å². The maximum Gasteiger partial charge on any atom is 0.203 e. The maximum absolute atomic E-state index is 4.51. The average Bonchev–Trinajstić information content (AvgIpc) is 2.70. The molecule has 1 N–H and O–H groups in total. The lowest BCUT2D eigenvalue weighted by Gasteiger charge is -2.16. The Hall–Kier alpha value is -1.55. The van der Waals surface area contributed by atoms with E-state index in [1.165, 1.54) is 5.56 Å². The van der Waals surface area contributed by atoms with E-state index in [1.807, 2.05) is 31.3 Å². The first-order valence-electron chi connectivity index (χ1n) is 6.27. The molecule has 2 aromatic rings. The van der Waals surface area contributed by atoms with Crippen LogP contribution in [0.5, 0.6) is 0 Å². The second-order valence-electron chi connectivity index (χ2n) is 4.57. The fourth-order valence-electron chi connectivity index (χ4n) is 1.99. The minimum absolute atomic E-state index is 0.197. The molecule has 19 heavy (non-hydrogen) atoms. The van der Waals surface area contributed by atoms with Crippen LogP contribution in [0.15, 0.2) is 47.6 Å². The summed E-state index contributed by atoms with van der Waals surface area (Å²) in [6.07, 6.45) is 3.90. The lowest BCUT2D eigenvalue weighted by atomic mass is 10.1. The van der Waals surface area contributed by atoms with Gasteiger partial charge in [-0.2, -0.15) is 0 Å². The van der Waals surface area contributed by atoms with Gasteiger partial charge in [-0.1, -0.05) is 34.1 Å². The molecule has 0 aliphatic carbocycles. The molecule has 0 spiro atoms. The van der Waals surface area contributed by atoms with Crippen molar-refractivity contribution in [2.24, 2.45) is 0 Å². The molecule has 0 aliphatic rings. The van der Waals surface area contributed by atoms with Crippen LogP contribution in [0.25, 0.3) is 0 Å². The van der Waals surface area contributed by atoms with Gasteiger partial charge in [-0.05, 0) is 31.5 Å². The molecule has 1 atom stereocenters. The Bertz CT molecular complexity index is 575. The molecule has 0 bridgehead atoms. The van der Waals surface area contributed by atoms with Gasteiger partial charge in [-0.3, -0.25) is 0 Å². The fourth-order valence-corrected chi connectivity index (χ4v) is 2.41. The van der Waals surface area contributed by atoms with Crippen molar-refractivity contribution in [2.75, 3.05) is 5.32 Å². The van der Waals surface area contributed by atoms with Crippen molar-refractivity contribution in [1.29, 1.82) is 0 Å². The zero-order valence-corrected chi connectivity index (χ0v) is 12.8. The SMILES string of the molecule is C=CCn1cc(C)nc1NC(C)c1cccc(Br)c1. The van der Waals surface area contributed by atoms with Gasteiger partial charge in [0, 0.05) is 17.2 Å². The van der Waals surface area contributed by atoms with Crippen molar-refractivity contribution >= 4 is 21.9 Å². The van der Waals surface area contributed by atoms with Gasteiger partial charge in [-0.25, -0.2) is 4.98 Å². The first-order valence-corrected chi connectivity index (χ1v) is 7.06. The van der Waals surface area contributed by atoms with E-state index in [4.69, 9.17) is 0 Å². The minimum Gasteiger partial charge on any atom is -0.349 e. The molecule has 1 aromatic heterocycles. The van der Waals surface area contributed by atoms with Gasteiger partial charge < -0.3 is 9.88 Å². The van der Waals surface area contributed by atoms with Gasteiger partial charge in [0.25, 0.3) is 0 Å². The highest BCUT2D eigenvalue weighted by molar-refractivity contribution is 9.10. The Morgan fingerprint density at radius 2 is 2.32 bits per heavy atom. The largest absolute Gasteiger partial charge is 0.349 e. The first-order chi connectivity index (χ1) is 9.10. The van der Waals surface area contributed by atoms with Gasteiger partial charge in [0.15, 0.2) is 0 Å². The molecule has 1 heterocycles. The molecule has 100 valence electrons. The Labute approximate surface area is 122 Å². The number of aryl methyl sites for hydroxylation is 1. The lowest BCUT2D eigenvalue weighted by molar-refractivity contribution is 0.784. The quantitative estimate of drug-likeness (QED) is 0.832. The van der Waals surface area contributed by atoms with Gasteiger partial charge in [-0.15, -0.1) is 6.58 Å². The molecular formula is C15H18BrN3. The van der Waals surface area contributed by atoms with E-state index in [-0.39, 0.29) is 6.04 Å². The van der Waals surface area contributed by atoms with E-state index < -0.39 is 0 Å². The highest BCUT2D eigenvalue weighted by Crippen LogP contribution is 2.21. The Kier molecular flexibility index (Phi) is 4.43. The molecular weight excluding hydrogens is 302 g/mol. The molecule has 0 saturated carbocycles. The number of hydrogen-bond acceptors (Lipinski definition) is 2. The number of benzene rings is 1. The predicted octanol–water partition coefficient (Wildman–Crippen LogP) is 4.31. The van der Waals surface area contributed by atoms with Crippen LogP contribution in [0.1, 0.15) is 24.2 Å². The summed E-state index contributed by atoms with van der Waals surface area (Å²) in [6.45, 7) is 8.65. The summed E-state index contributed by atoms with van der Waals surface area (Å²) in [5.41, 5.74) is 2.23. The van der Waals surface area contributed by atoms with Crippen LogP contribution >= 0.6 is 15.9 Å². The van der Waals surface area contributed by atoms with Crippen LogP contribution in [0.4, 0.5) is 5.95 Å². The molecule has 0 fully saturated rings. The monoisotopic (exact) mass is 319 g/mol. The third-order valence-corrected chi connectivity index (χ3v) is 3.41. The van der Waals surface area contributed by atoms with Crippen LogP contribution in [0, 0.1) is 6.92 Å². The topological polar surface area (TPSA) is 29.9 Å². The van der Waals surface area contributed by atoms with Crippen LogP contribution in [-0.2, 0) is 6.54 Å². The average molecular weight is 320 g/mol. The summed E-state index contributed by atoms with van der Waals surface area (Å²) in [4.78, 5) is 4.51. The standard InChI is InChI=1S/C15H18BrN3/c1-4-8-19-10-11(2)17-15(19)18-12(3)13-6-5-7-14(16)9-13/h4-7,9-10,12H,1,8H2,2-3H3,(H,17,18). The summed E-state index contributed by atoms with van der Waals surface area (Å²) in [6, 6.07) is 8.49. The Morgan fingerprint density at radius 3 is 3.00 bits per heavy atom. The van der Waals surface area contributed by atoms with Crippen molar-refractivity contribution in [2.45, 2.75) is 26.4 Å². The van der Waals surface area contributed by atoms with Gasteiger partial charge in [0.2, 0.25) is 5.95 Å². The minimum atomic E-state index is 0.197. The van der Waals surface area contributed by atoms with Gasteiger partial charge in [0.1, 0.15) is 0 Å². The molecule has 1 unspecified atom stereocenters. The van der Waals surface area contributed by atoms with Crippen molar-refractivity contribution < 1.29 is 0 Å². The zero-order valence-electron chi connectivity index (χ0n) is 11.2. The molecule has 0 amide bonds. The molecule has 0 saturated heterocycles. The zero-order chi connectivity index (χ0) is 13.8. The van der Waals surface area contributed by atoms with E-state index >= 15 is 0 Å².